The van der Waals surface area contributed by atoms with Crippen LogP contribution in [0.3, 0.4) is 0 Å². The van der Waals surface area contributed by atoms with Crippen LogP contribution >= 0.6 is 7.37 Å². The number of hydrogen-bond donors (Lipinski definition) is 5. The highest BCUT2D eigenvalue weighted by atomic mass is 31.2. The lowest BCUT2D eigenvalue weighted by Gasteiger charge is -2.27. The Balaban J connectivity index is 5.19. The molecule has 9 nitrogen and oxygen atoms in total. The SMILES string of the molecule is CCC[C@H](NC(C)=O)C(=O)NC(CC(=O)O)P(=O)(O)C(C)N. The predicted molar refractivity (Wildman–Crippen MR) is 80.2 cm³/mol. The molecule has 0 spiro atoms. The molecule has 0 rings (SSSR count). The average Bonchev–Trinajstić information content (AvgIpc) is 2.35. The van der Waals surface area contributed by atoms with Gasteiger partial charge in [0.25, 0.3) is 0 Å². The van der Waals surface area contributed by atoms with E-state index in [0.717, 1.165) is 0 Å². The minimum Gasteiger partial charge on any atom is -0.481 e. The van der Waals surface area contributed by atoms with Gasteiger partial charge >= 0.3 is 5.97 Å². The standard InChI is InChI=1S/C12H24N3O6P/c1-4-5-9(14-8(3)16)12(19)15-10(6-11(17)18)22(20,21)7(2)13/h7,9-10H,4-6,13H2,1-3H3,(H,14,16)(H,15,19)(H,17,18)(H,20,21)/t7?,9-,10?/m0/s1. The number of nitrogens with one attached hydrogen (secondary N) is 2. The van der Waals surface area contributed by atoms with Gasteiger partial charge in [-0.15, -0.1) is 0 Å². The van der Waals surface area contributed by atoms with Crippen molar-refractivity contribution >= 4 is 25.2 Å². The van der Waals surface area contributed by atoms with Crippen LogP contribution in [0.2, 0.25) is 0 Å². The summed E-state index contributed by atoms with van der Waals surface area (Å²) in [6, 6.07) is -0.896. The molecule has 4 atom stereocenters. The number of amides is 2. The molecule has 128 valence electrons. The number of carbonyl (C=O) groups is 3. The van der Waals surface area contributed by atoms with Gasteiger partial charge in [0.05, 0.1) is 12.2 Å². The Morgan fingerprint density at radius 3 is 2.18 bits per heavy atom. The van der Waals surface area contributed by atoms with Crippen LogP contribution in [0.25, 0.3) is 0 Å². The summed E-state index contributed by atoms with van der Waals surface area (Å²) < 4.78 is 12.2. The normalized spacial score (nSPS) is 17.7. The Labute approximate surface area is 129 Å². The first-order valence-corrected chi connectivity index (χ1v) is 8.69. The lowest BCUT2D eigenvalue weighted by atomic mass is 10.1. The molecular formula is C12H24N3O6P. The molecule has 0 aliphatic carbocycles. The molecule has 0 saturated heterocycles. The van der Waals surface area contributed by atoms with Crippen molar-refractivity contribution < 1.29 is 28.9 Å². The van der Waals surface area contributed by atoms with Crippen LogP contribution in [-0.2, 0) is 18.9 Å². The van der Waals surface area contributed by atoms with Crippen LogP contribution < -0.4 is 16.4 Å². The monoisotopic (exact) mass is 337 g/mol. The van der Waals surface area contributed by atoms with Crippen LogP contribution in [0.4, 0.5) is 0 Å². The molecule has 0 fully saturated rings. The zero-order chi connectivity index (χ0) is 17.5. The van der Waals surface area contributed by atoms with E-state index in [1.165, 1.54) is 13.8 Å². The summed E-state index contributed by atoms with van der Waals surface area (Å²) in [5, 5.41) is 13.5. The Morgan fingerprint density at radius 2 is 1.82 bits per heavy atom. The quantitative estimate of drug-likeness (QED) is 0.364. The molecule has 22 heavy (non-hydrogen) atoms. The van der Waals surface area contributed by atoms with Crippen LogP contribution in [0, 0.1) is 0 Å². The lowest BCUT2D eigenvalue weighted by Crippen LogP contribution is -2.50. The van der Waals surface area contributed by atoms with E-state index in [2.05, 4.69) is 10.6 Å². The number of hydrogen-bond acceptors (Lipinski definition) is 5. The number of nitrogens with two attached hydrogens (primary N) is 1. The average molecular weight is 337 g/mol. The number of aliphatic carboxylic acids is 1. The Kier molecular flexibility index (Phi) is 8.29. The zero-order valence-corrected chi connectivity index (χ0v) is 13.8. The third kappa shape index (κ3) is 6.55. The molecule has 0 aromatic rings. The Bertz CT molecular complexity index is 468. The van der Waals surface area contributed by atoms with Crippen molar-refractivity contribution in [2.75, 3.05) is 0 Å². The Morgan fingerprint density at radius 1 is 1.27 bits per heavy atom. The van der Waals surface area contributed by atoms with E-state index in [0.29, 0.717) is 12.8 Å². The highest BCUT2D eigenvalue weighted by Gasteiger charge is 2.38. The number of rotatable bonds is 9. The third-order valence-corrected chi connectivity index (χ3v) is 5.35. The first kappa shape index (κ1) is 20.6. The number of carboxylic acids is 1. The molecule has 2 amide bonds. The second kappa shape index (κ2) is 8.87. The van der Waals surface area contributed by atoms with Crippen LogP contribution in [0.1, 0.15) is 40.0 Å². The highest BCUT2D eigenvalue weighted by molar-refractivity contribution is 7.59. The maximum absolute atomic E-state index is 12.2. The maximum atomic E-state index is 12.2. The Hall–Kier alpha value is -1.44. The fourth-order valence-electron chi connectivity index (χ4n) is 1.79. The molecule has 0 radical (unpaired) electrons. The zero-order valence-electron chi connectivity index (χ0n) is 12.9. The van der Waals surface area contributed by atoms with Crippen molar-refractivity contribution in [1.29, 1.82) is 0 Å². The summed E-state index contributed by atoms with van der Waals surface area (Å²) in [7, 11) is -4.12. The van der Waals surface area contributed by atoms with E-state index in [9.17, 15) is 23.8 Å². The minimum atomic E-state index is -4.12. The maximum Gasteiger partial charge on any atom is 0.306 e. The molecule has 0 saturated carbocycles. The van der Waals surface area contributed by atoms with Crippen molar-refractivity contribution in [3.05, 3.63) is 0 Å². The summed E-state index contributed by atoms with van der Waals surface area (Å²) in [6.07, 6.45) is 0.172. The van der Waals surface area contributed by atoms with E-state index in [4.69, 9.17) is 10.8 Å². The molecule has 0 bridgehead atoms. The van der Waals surface area contributed by atoms with Crippen molar-refractivity contribution in [3.63, 3.8) is 0 Å². The summed E-state index contributed by atoms with van der Waals surface area (Å²) in [5.74, 6) is -5.18. The van der Waals surface area contributed by atoms with Crippen LogP contribution in [-0.4, -0.2) is 45.4 Å². The summed E-state index contributed by atoms with van der Waals surface area (Å²) >= 11 is 0. The molecule has 6 N–H and O–H groups in total. The van der Waals surface area contributed by atoms with Gasteiger partial charge in [0.1, 0.15) is 11.8 Å². The molecule has 0 aliphatic rings. The largest absolute Gasteiger partial charge is 0.481 e. The van der Waals surface area contributed by atoms with E-state index in [-0.39, 0.29) is 0 Å². The molecule has 3 unspecified atom stereocenters. The lowest BCUT2D eigenvalue weighted by molar-refractivity contribution is -0.137. The van der Waals surface area contributed by atoms with Gasteiger partial charge in [0.15, 0.2) is 0 Å². The second-order valence-electron chi connectivity index (χ2n) is 5.08. The van der Waals surface area contributed by atoms with Gasteiger partial charge in [-0.2, -0.15) is 0 Å². The van der Waals surface area contributed by atoms with Crippen molar-refractivity contribution in [2.24, 2.45) is 5.73 Å². The summed E-state index contributed by atoms with van der Waals surface area (Å²) in [5.41, 5.74) is 5.41. The van der Waals surface area contributed by atoms with Crippen molar-refractivity contribution in [1.82, 2.24) is 10.6 Å². The topological polar surface area (TPSA) is 159 Å². The second-order valence-corrected chi connectivity index (χ2v) is 7.86. The molecule has 0 aromatic heterocycles. The van der Waals surface area contributed by atoms with E-state index in [1.54, 1.807) is 6.92 Å². The van der Waals surface area contributed by atoms with Crippen molar-refractivity contribution in [3.8, 4) is 0 Å². The van der Waals surface area contributed by atoms with Gasteiger partial charge in [0.2, 0.25) is 19.2 Å². The fraction of sp³-hybridized carbons (Fsp3) is 0.750. The fourth-order valence-corrected chi connectivity index (χ4v) is 3.09. The highest BCUT2D eigenvalue weighted by Crippen LogP contribution is 2.49. The molecule has 0 aliphatic heterocycles. The van der Waals surface area contributed by atoms with Gasteiger partial charge in [-0.25, -0.2) is 0 Å². The van der Waals surface area contributed by atoms with E-state index >= 15 is 0 Å². The van der Waals surface area contributed by atoms with Crippen molar-refractivity contribution in [2.45, 2.75) is 57.6 Å². The number of carbonyl (C=O) groups excluding carboxylic acids is 2. The summed E-state index contributed by atoms with van der Waals surface area (Å²) in [6.45, 7) is 4.30. The molecule has 0 heterocycles. The van der Waals surface area contributed by atoms with Gasteiger partial charge < -0.3 is 26.4 Å². The van der Waals surface area contributed by atoms with E-state index < -0.39 is 49.2 Å². The first-order valence-electron chi connectivity index (χ1n) is 6.89. The predicted octanol–water partition coefficient (Wildman–Crippen LogP) is -0.217. The number of carboxylic acid groups (broad SMARTS) is 1. The van der Waals surface area contributed by atoms with Crippen LogP contribution in [0.5, 0.6) is 0 Å². The van der Waals surface area contributed by atoms with Gasteiger partial charge in [-0.3, -0.25) is 18.9 Å². The molecule has 10 heteroatoms. The molecule has 0 aromatic carbocycles. The summed E-state index contributed by atoms with van der Waals surface area (Å²) in [4.78, 5) is 44.0. The van der Waals surface area contributed by atoms with Crippen LogP contribution in [0.15, 0.2) is 0 Å². The smallest absolute Gasteiger partial charge is 0.306 e. The van der Waals surface area contributed by atoms with Gasteiger partial charge in [-0.1, -0.05) is 13.3 Å². The molecular weight excluding hydrogens is 313 g/mol. The minimum absolute atomic E-state index is 0.319. The first-order chi connectivity index (χ1) is 10.0. The van der Waals surface area contributed by atoms with Gasteiger partial charge in [0, 0.05) is 6.92 Å². The third-order valence-electron chi connectivity index (χ3n) is 2.98. The van der Waals surface area contributed by atoms with Gasteiger partial charge in [-0.05, 0) is 13.3 Å². The van der Waals surface area contributed by atoms with E-state index in [1.807, 2.05) is 0 Å².